The van der Waals surface area contributed by atoms with Crippen molar-refractivity contribution in [3.63, 3.8) is 0 Å². The smallest absolute Gasteiger partial charge is 0.269 e. The molecule has 6 rings (SSSR count). The third-order valence-corrected chi connectivity index (χ3v) is 9.55. The summed E-state index contributed by atoms with van der Waals surface area (Å²) in [6.07, 6.45) is 3.14. The normalized spacial score (nSPS) is 19.0. The highest BCUT2D eigenvalue weighted by Gasteiger charge is 2.49. The number of rotatable bonds is 9. The highest BCUT2D eigenvalue weighted by atomic mass is 16.6. The van der Waals surface area contributed by atoms with Gasteiger partial charge in [-0.25, -0.2) is 0 Å². The maximum atomic E-state index is 14.2. The van der Waals surface area contributed by atoms with E-state index < -0.39 is 10.8 Å². The monoisotopic (exact) mass is 634 g/mol. The maximum absolute atomic E-state index is 14.2. The molecule has 0 unspecified atom stereocenters. The predicted octanol–water partition coefficient (Wildman–Crippen LogP) is 8.11. The number of carbonyl (C=O) groups excluding carboxylic acids is 2. The fourth-order valence-electron chi connectivity index (χ4n) is 7.39. The molecule has 0 atom stereocenters. The van der Waals surface area contributed by atoms with Crippen LogP contribution in [0, 0.1) is 20.9 Å². The third kappa shape index (κ3) is 6.59. The van der Waals surface area contributed by atoms with Gasteiger partial charge in [0.05, 0.1) is 12.0 Å². The molecule has 0 bridgehead atoms. The SMILES string of the molecule is COc1cc(C2C3=C(CC(C)(C)CC3=O)N(CCc3ccccc3)C3=C2C(=O)CC(C)(C)C3)ccc1OCc1ccc([N+](=O)[O-])cc1. The Balaban J connectivity index is 1.41. The van der Waals surface area contributed by atoms with Crippen LogP contribution < -0.4 is 9.47 Å². The van der Waals surface area contributed by atoms with E-state index >= 15 is 0 Å². The Labute approximate surface area is 276 Å². The first-order valence-electron chi connectivity index (χ1n) is 16.2. The number of nitrogens with zero attached hydrogens (tertiary/aromatic N) is 2. The number of ether oxygens (including phenoxy) is 2. The molecule has 244 valence electrons. The summed E-state index contributed by atoms with van der Waals surface area (Å²) in [6, 6.07) is 22.3. The van der Waals surface area contributed by atoms with Gasteiger partial charge in [-0.05, 0) is 71.0 Å². The van der Waals surface area contributed by atoms with E-state index in [1.165, 1.54) is 17.7 Å². The number of hydrogen-bond acceptors (Lipinski definition) is 7. The van der Waals surface area contributed by atoms with Crippen LogP contribution in [0.2, 0.25) is 0 Å². The molecular weight excluding hydrogens is 592 g/mol. The topological polar surface area (TPSA) is 99.0 Å². The van der Waals surface area contributed by atoms with Gasteiger partial charge >= 0.3 is 0 Å². The van der Waals surface area contributed by atoms with Crippen LogP contribution in [0.15, 0.2) is 95.3 Å². The van der Waals surface area contributed by atoms with Crippen LogP contribution in [0.5, 0.6) is 11.5 Å². The predicted molar refractivity (Wildman–Crippen MR) is 180 cm³/mol. The standard InChI is InChI=1S/C39H42N2O6/c1-38(2)20-29-36(31(42)22-38)35(27-13-16-33(34(19-27)46-5)47-24-26-11-14-28(15-12-26)41(44)45)37-30(21-39(3,4)23-32(37)43)40(29)18-17-25-9-7-6-8-10-25/h6-16,19,35H,17-18,20-24H2,1-5H3. The number of hydrogen-bond donors (Lipinski definition) is 0. The zero-order valence-corrected chi connectivity index (χ0v) is 27.8. The zero-order chi connectivity index (χ0) is 33.5. The first kappa shape index (κ1) is 32.2. The van der Waals surface area contributed by atoms with Gasteiger partial charge in [0.15, 0.2) is 23.1 Å². The van der Waals surface area contributed by atoms with Crippen LogP contribution in [-0.2, 0) is 22.6 Å². The van der Waals surface area contributed by atoms with Crippen molar-refractivity contribution in [2.75, 3.05) is 13.7 Å². The Morgan fingerprint density at radius 1 is 0.787 bits per heavy atom. The Morgan fingerprint density at radius 2 is 1.38 bits per heavy atom. The van der Waals surface area contributed by atoms with E-state index in [9.17, 15) is 19.7 Å². The van der Waals surface area contributed by atoms with E-state index in [0.29, 0.717) is 30.9 Å². The Hall–Kier alpha value is -4.72. The quantitative estimate of drug-likeness (QED) is 0.173. The van der Waals surface area contributed by atoms with E-state index in [0.717, 1.165) is 52.9 Å². The molecule has 8 heteroatoms. The summed E-state index contributed by atoms with van der Waals surface area (Å²) >= 11 is 0. The Kier molecular flexibility index (Phi) is 8.55. The summed E-state index contributed by atoms with van der Waals surface area (Å²) in [5.41, 5.74) is 5.96. The minimum absolute atomic E-state index is 0.0189. The zero-order valence-electron chi connectivity index (χ0n) is 27.8. The molecule has 3 aliphatic rings. The van der Waals surface area contributed by atoms with Crippen LogP contribution in [0.1, 0.15) is 76.0 Å². The minimum Gasteiger partial charge on any atom is -0.493 e. The van der Waals surface area contributed by atoms with Gasteiger partial charge in [0.25, 0.3) is 5.69 Å². The summed E-state index contributed by atoms with van der Waals surface area (Å²) in [4.78, 5) is 41.3. The molecular formula is C39H42N2O6. The average molecular weight is 635 g/mol. The molecule has 0 N–H and O–H groups in total. The molecule has 8 nitrogen and oxygen atoms in total. The highest BCUT2D eigenvalue weighted by Crippen LogP contribution is 2.55. The fourth-order valence-corrected chi connectivity index (χ4v) is 7.39. The second-order valence-electron chi connectivity index (χ2n) is 14.5. The van der Waals surface area contributed by atoms with E-state index in [2.05, 4.69) is 44.7 Å². The number of methoxy groups -OCH3 is 1. The fraction of sp³-hybridized carbons (Fsp3) is 0.385. The number of non-ortho nitro benzene ring substituents is 1. The van der Waals surface area contributed by atoms with Crippen LogP contribution in [0.25, 0.3) is 0 Å². The molecule has 3 aromatic carbocycles. The molecule has 47 heavy (non-hydrogen) atoms. The molecule has 0 fully saturated rings. The molecule has 2 aliphatic carbocycles. The molecule has 0 saturated carbocycles. The lowest BCUT2D eigenvalue weighted by molar-refractivity contribution is -0.384. The van der Waals surface area contributed by atoms with Crippen molar-refractivity contribution in [1.29, 1.82) is 0 Å². The molecule has 0 aromatic heterocycles. The van der Waals surface area contributed by atoms with Crippen molar-refractivity contribution in [3.05, 3.63) is 122 Å². The van der Waals surface area contributed by atoms with Crippen LogP contribution >= 0.6 is 0 Å². The molecule has 1 heterocycles. The average Bonchev–Trinajstić information content (AvgIpc) is 3.02. The largest absolute Gasteiger partial charge is 0.493 e. The summed E-state index contributed by atoms with van der Waals surface area (Å²) in [5.74, 6) is 0.691. The molecule has 0 spiro atoms. The lowest BCUT2D eigenvalue weighted by Gasteiger charge is -2.49. The Morgan fingerprint density at radius 3 is 1.94 bits per heavy atom. The second-order valence-corrected chi connectivity index (χ2v) is 14.5. The van der Waals surface area contributed by atoms with Gasteiger partial charge in [-0.3, -0.25) is 19.7 Å². The van der Waals surface area contributed by atoms with Crippen molar-refractivity contribution < 1.29 is 24.0 Å². The van der Waals surface area contributed by atoms with E-state index in [4.69, 9.17) is 9.47 Å². The molecule has 1 aliphatic heterocycles. The lowest BCUT2D eigenvalue weighted by Crippen LogP contribution is -2.45. The number of nitro groups is 1. The van der Waals surface area contributed by atoms with Gasteiger partial charge < -0.3 is 14.4 Å². The number of benzene rings is 3. The molecule has 0 radical (unpaired) electrons. The van der Waals surface area contributed by atoms with Gasteiger partial charge in [0.1, 0.15) is 6.61 Å². The van der Waals surface area contributed by atoms with E-state index in [1.54, 1.807) is 19.2 Å². The molecule has 0 saturated heterocycles. The van der Waals surface area contributed by atoms with Crippen molar-refractivity contribution in [1.82, 2.24) is 4.90 Å². The van der Waals surface area contributed by atoms with Crippen molar-refractivity contribution in [3.8, 4) is 11.5 Å². The number of nitro benzene ring substituents is 1. The molecule has 0 amide bonds. The summed E-state index contributed by atoms with van der Waals surface area (Å²) in [5, 5.41) is 11.0. The number of ketones is 2. The summed E-state index contributed by atoms with van der Waals surface area (Å²) < 4.78 is 11.9. The van der Waals surface area contributed by atoms with Crippen LogP contribution in [0.4, 0.5) is 5.69 Å². The number of Topliss-reactive ketones (excluding diaryl/α,β-unsaturated/α-hetero) is 2. The first-order valence-corrected chi connectivity index (χ1v) is 16.2. The number of carbonyl (C=O) groups is 2. The Bertz CT molecular complexity index is 1730. The van der Waals surface area contributed by atoms with Crippen molar-refractivity contribution in [2.45, 2.75) is 72.3 Å². The van der Waals surface area contributed by atoms with Gasteiger partial charge in [-0.1, -0.05) is 64.1 Å². The van der Waals surface area contributed by atoms with Gasteiger partial charge in [-0.2, -0.15) is 0 Å². The second kappa shape index (κ2) is 12.5. The summed E-state index contributed by atoms with van der Waals surface area (Å²) in [6.45, 7) is 9.50. The van der Waals surface area contributed by atoms with E-state index in [-0.39, 0.29) is 34.7 Å². The van der Waals surface area contributed by atoms with E-state index in [1.807, 2.05) is 36.4 Å². The van der Waals surface area contributed by atoms with Crippen molar-refractivity contribution in [2.24, 2.45) is 10.8 Å². The lowest BCUT2D eigenvalue weighted by atomic mass is 9.63. The third-order valence-electron chi connectivity index (χ3n) is 9.55. The first-order chi connectivity index (χ1) is 22.4. The summed E-state index contributed by atoms with van der Waals surface area (Å²) in [7, 11) is 1.57. The maximum Gasteiger partial charge on any atom is 0.269 e. The van der Waals surface area contributed by atoms with Crippen LogP contribution in [-0.4, -0.2) is 35.0 Å². The van der Waals surface area contributed by atoms with Gasteiger partial charge in [-0.15, -0.1) is 0 Å². The minimum atomic E-state index is -0.488. The number of allylic oxidation sites excluding steroid dienone is 4. The van der Waals surface area contributed by atoms with Crippen molar-refractivity contribution >= 4 is 17.3 Å². The van der Waals surface area contributed by atoms with Gasteiger partial charge in [0.2, 0.25) is 0 Å². The highest BCUT2D eigenvalue weighted by molar-refractivity contribution is 6.06. The molecule has 3 aromatic rings. The van der Waals surface area contributed by atoms with Crippen LogP contribution in [0.3, 0.4) is 0 Å². The van der Waals surface area contributed by atoms with Gasteiger partial charge in [0, 0.05) is 60.0 Å².